The van der Waals surface area contributed by atoms with Gasteiger partial charge in [0.25, 0.3) is 5.78 Å². The highest BCUT2D eigenvalue weighted by Crippen LogP contribution is 2.43. The number of nitrogens with zero attached hydrogens (tertiary/aromatic N) is 3. The monoisotopic (exact) mass is 526 g/mol. The van der Waals surface area contributed by atoms with Crippen LogP contribution in [0.15, 0.2) is 72.3 Å². The molecular weight excluding hydrogens is 496 g/mol. The average molecular weight is 527 g/mol. The van der Waals surface area contributed by atoms with Gasteiger partial charge in [-0.15, -0.1) is 0 Å². The second-order valence-corrected chi connectivity index (χ2v) is 9.08. The molecule has 9 heteroatoms. The van der Waals surface area contributed by atoms with Crippen LogP contribution >= 0.6 is 0 Å². The van der Waals surface area contributed by atoms with Crippen LogP contribution in [0.2, 0.25) is 0 Å². The Labute approximate surface area is 226 Å². The van der Waals surface area contributed by atoms with Crippen LogP contribution in [0, 0.1) is 0 Å². The maximum absolute atomic E-state index is 13.6. The molecule has 200 valence electrons. The number of aliphatic hydroxyl groups is 1. The molecule has 2 heterocycles. The first-order valence-electron chi connectivity index (χ1n) is 12.7. The third-order valence-electron chi connectivity index (χ3n) is 7.05. The van der Waals surface area contributed by atoms with E-state index >= 15 is 0 Å². The number of hydrogen-bond donors (Lipinski definition) is 2. The van der Waals surface area contributed by atoms with Crippen LogP contribution in [0.25, 0.3) is 16.8 Å². The number of aromatic amines is 1. The van der Waals surface area contributed by atoms with Gasteiger partial charge in [0.1, 0.15) is 17.3 Å². The normalized spacial score (nSPS) is 16.6. The molecule has 1 amide bonds. The predicted octanol–water partition coefficient (Wildman–Crippen LogP) is 5.05. The molecule has 0 spiro atoms. The van der Waals surface area contributed by atoms with Crippen molar-refractivity contribution < 1.29 is 24.2 Å². The summed E-state index contributed by atoms with van der Waals surface area (Å²) in [5, 5.41) is 11.6. The molecule has 0 bridgehead atoms. The molecule has 1 atom stereocenters. The number of rotatable bonds is 8. The van der Waals surface area contributed by atoms with Crippen LogP contribution < -0.4 is 19.3 Å². The standard InChI is InChI=1S/C30H30N4O5/c1-5-33(6-2)19-13-11-18(12-14-19)26-25(27(35)21-16-15-20(38-3)17-24(21)39-4)28(36)29(37)34(26)30-31-22-9-7-8-10-23(22)32-30/h7-17,26,35H,5-6H2,1-4H3,(H,31,32)/b27-25+. The third-order valence-corrected chi connectivity index (χ3v) is 7.05. The molecule has 0 radical (unpaired) electrons. The molecule has 1 saturated heterocycles. The molecule has 1 aliphatic rings. The number of aliphatic hydroxyl groups excluding tert-OH is 1. The summed E-state index contributed by atoms with van der Waals surface area (Å²) < 4.78 is 10.8. The number of anilines is 2. The highest BCUT2D eigenvalue weighted by molar-refractivity contribution is 6.51. The van der Waals surface area contributed by atoms with Gasteiger partial charge in [-0.25, -0.2) is 4.98 Å². The van der Waals surface area contributed by atoms with Crippen LogP contribution in [0.1, 0.15) is 31.0 Å². The van der Waals surface area contributed by atoms with Crippen molar-refractivity contribution in [2.45, 2.75) is 19.9 Å². The largest absolute Gasteiger partial charge is 0.507 e. The van der Waals surface area contributed by atoms with Crippen LogP contribution in [0.5, 0.6) is 11.5 Å². The molecule has 4 aromatic rings. The van der Waals surface area contributed by atoms with Gasteiger partial charge in [0.05, 0.1) is 42.4 Å². The van der Waals surface area contributed by atoms with Crippen molar-refractivity contribution in [1.82, 2.24) is 9.97 Å². The van der Waals surface area contributed by atoms with Crippen LogP contribution in [-0.4, -0.2) is 54.1 Å². The van der Waals surface area contributed by atoms with Gasteiger partial charge >= 0.3 is 5.91 Å². The van der Waals surface area contributed by atoms with E-state index in [1.54, 1.807) is 18.2 Å². The number of ether oxygens (including phenoxy) is 2. The fraction of sp³-hybridized carbons (Fsp3) is 0.233. The zero-order valence-electron chi connectivity index (χ0n) is 22.3. The smallest absolute Gasteiger partial charge is 0.302 e. The van der Waals surface area contributed by atoms with E-state index in [9.17, 15) is 14.7 Å². The predicted molar refractivity (Wildman–Crippen MR) is 150 cm³/mol. The van der Waals surface area contributed by atoms with Gasteiger partial charge in [0, 0.05) is 24.8 Å². The summed E-state index contributed by atoms with van der Waals surface area (Å²) in [6.07, 6.45) is 0. The molecule has 39 heavy (non-hydrogen) atoms. The van der Waals surface area contributed by atoms with E-state index in [0.717, 1.165) is 24.3 Å². The molecule has 0 aliphatic carbocycles. The minimum atomic E-state index is -0.928. The summed E-state index contributed by atoms with van der Waals surface area (Å²) in [6.45, 7) is 5.83. The Morgan fingerprint density at radius 2 is 1.72 bits per heavy atom. The van der Waals surface area contributed by atoms with Crippen LogP contribution in [-0.2, 0) is 9.59 Å². The molecule has 1 aromatic heterocycles. The number of ketones is 1. The molecule has 1 aliphatic heterocycles. The Hall–Kier alpha value is -4.79. The molecule has 0 saturated carbocycles. The number of para-hydroxylation sites is 2. The molecule has 5 rings (SSSR count). The average Bonchev–Trinajstić information content (AvgIpc) is 3.51. The fourth-order valence-corrected chi connectivity index (χ4v) is 5.02. The second-order valence-electron chi connectivity index (χ2n) is 9.08. The number of carbonyl (C=O) groups excluding carboxylic acids is 2. The Kier molecular flexibility index (Phi) is 6.98. The van der Waals surface area contributed by atoms with Crippen molar-refractivity contribution in [2.75, 3.05) is 37.1 Å². The van der Waals surface area contributed by atoms with Crippen LogP contribution in [0.3, 0.4) is 0 Å². The first-order valence-corrected chi connectivity index (χ1v) is 12.7. The number of H-pyrrole nitrogens is 1. The highest BCUT2D eigenvalue weighted by atomic mass is 16.5. The molecule has 1 unspecified atom stereocenters. The molecule has 1 fully saturated rings. The summed E-state index contributed by atoms with van der Waals surface area (Å²) >= 11 is 0. The van der Waals surface area contributed by atoms with Crippen molar-refractivity contribution in [3.8, 4) is 11.5 Å². The zero-order valence-corrected chi connectivity index (χ0v) is 22.3. The first kappa shape index (κ1) is 25.8. The van der Waals surface area contributed by atoms with Gasteiger partial charge in [-0.05, 0) is 55.8 Å². The minimum Gasteiger partial charge on any atom is -0.507 e. The van der Waals surface area contributed by atoms with Gasteiger partial charge in [-0.3, -0.25) is 14.5 Å². The Morgan fingerprint density at radius 1 is 1.00 bits per heavy atom. The Balaban J connectivity index is 1.71. The summed E-state index contributed by atoms with van der Waals surface area (Å²) in [5.41, 5.74) is 3.26. The molecule has 3 aromatic carbocycles. The maximum Gasteiger partial charge on any atom is 0.302 e. The zero-order chi connectivity index (χ0) is 27.7. The van der Waals surface area contributed by atoms with Crippen molar-refractivity contribution in [1.29, 1.82) is 0 Å². The Morgan fingerprint density at radius 3 is 2.36 bits per heavy atom. The quantitative estimate of drug-likeness (QED) is 0.188. The maximum atomic E-state index is 13.6. The lowest BCUT2D eigenvalue weighted by Crippen LogP contribution is -2.30. The van der Waals surface area contributed by atoms with Crippen molar-refractivity contribution >= 4 is 40.1 Å². The van der Waals surface area contributed by atoms with Gasteiger partial charge in [0.15, 0.2) is 0 Å². The minimum absolute atomic E-state index is 0.0560. The molecule has 9 nitrogen and oxygen atoms in total. The van der Waals surface area contributed by atoms with E-state index in [4.69, 9.17) is 9.47 Å². The van der Waals surface area contributed by atoms with Crippen LogP contribution in [0.4, 0.5) is 11.6 Å². The van der Waals surface area contributed by atoms with Crippen molar-refractivity contribution in [2.24, 2.45) is 0 Å². The molecular formula is C30H30N4O5. The van der Waals surface area contributed by atoms with Gasteiger partial charge in [0.2, 0.25) is 5.95 Å². The number of imidazole rings is 1. The highest BCUT2D eigenvalue weighted by Gasteiger charge is 2.48. The fourth-order valence-electron chi connectivity index (χ4n) is 5.02. The SMILES string of the molecule is CCN(CC)c1ccc(C2/C(=C(\O)c3ccc(OC)cc3OC)C(=O)C(=O)N2c2nc3ccccc3[nH]2)cc1. The number of benzene rings is 3. The van der Waals surface area contributed by atoms with Gasteiger partial charge < -0.3 is 24.5 Å². The van der Waals surface area contributed by atoms with E-state index in [2.05, 4.69) is 28.7 Å². The lowest BCUT2D eigenvalue weighted by Gasteiger charge is -2.25. The van der Waals surface area contributed by atoms with E-state index in [1.807, 2.05) is 48.5 Å². The van der Waals surface area contributed by atoms with Crippen molar-refractivity contribution in [3.05, 3.63) is 83.4 Å². The van der Waals surface area contributed by atoms with Gasteiger partial charge in [-0.1, -0.05) is 24.3 Å². The number of Topliss-reactive ketones (excluding diaryl/α,β-unsaturated/α-hetero) is 1. The third kappa shape index (κ3) is 4.46. The lowest BCUT2D eigenvalue weighted by molar-refractivity contribution is -0.132. The first-order chi connectivity index (χ1) is 18.9. The summed E-state index contributed by atoms with van der Waals surface area (Å²) in [7, 11) is 2.98. The van der Waals surface area contributed by atoms with Crippen molar-refractivity contribution in [3.63, 3.8) is 0 Å². The van der Waals surface area contributed by atoms with E-state index < -0.39 is 17.7 Å². The number of hydrogen-bond acceptors (Lipinski definition) is 7. The number of carbonyl (C=O) groups is 2. The number of aromatic nitrogens is 2. The topological polar surface area (TPSA) is 108 Å². The Bertz CT molecular complexity index is 1540. The lowest BCUT2D eigenvalue weighted by atomic mass is 9.94. The summed E-state index contributed by atoms with van der Waals surface area (Å²) in [5.74, 6) is -0.905. The number of nitrogens with one attached hydrogen (secondary N) is 1. The summed E-state index contributed by atoms with van der Waals surface area (Å²) in [4.78, 5) is 38.4. The van der Waals surface area contributed by atoms with Gasteiger partial charge in [-0.2, -0.15) is 0 Å². The summed E-state index contributed by atoms with van der Waals surface area (Å²) in [6, 6.07) is 19.0. The number of methoxy groups -OCH3 is 2. The number of amides is 1. The molecule has 2 N–H and O–H groups in total. The number of fused-ring (bicyclic) bond motifs is 1. The van der Waals surface area contributed by atoms with E-state index in [-0.39, 0.29) is 22.8 Å². The second kappa shape index (κ2) is 10.5. The van der Waals surface area contributed by atoms with E-state index in [0.29, 0.717) is 22.6 Å². The van der Waals surface area contributed by atoms with E-state index in [1.165, 1.54) is 19.1 Å².